The lowest BCUT2D eigenvalue weighted by Crippen LogP contribution is -2.62. The van der Waals surface area contributed by atoms with Gasteiger partial charge in [0.05, 0.1) is 17.0 Å². The standard InChI is InChI=1S/C25H29NO7S/c1-13-4-7-15(8-5-13)34(28,29)26-21-20-16(22(27)24-23(21)32-25(2,3)33-24)9-6-14-10-18-19(11-17(14)20)31-12-30-18/h4-5,7-8,10-11,16,20-24,26-27H,6,9,12H2,1-3H3/t16?,20?,21-,22+,23?,24?/m1/s1. The van der Waals surface area contributed by atoms with Gasteiger partial charge in [-0.3, -0.25) is 0 Å². The monoisotopic (exact) mass is 487 g/mol. The van der Waals surface area contributed by atoms with E-state index in [9.17, 15) is 13.5 Å². The van der Waals surface area contributed by atoms with E-state index in [4.69, 9.17) is 18.9 Å². The summed E-state index contributed by atoms with van der Waals surface area (Å²) in [6.07, 6.45) is -0.604. The number of sulfonamides is 1. The van der Waals surface area contributed by atoms with E-state index in [1.54, 1.807) is 38.1 Å². The molecule has 4 unspecified atom stereocenters. The molecule has 8 nitrogen and oxygen atoms in total. The Hall–Kier alpha value is -2.17. The summed E-state index contributed by atoms with van der Waals surface area (Å²) in [6.45, 7) is 5.66. The minimum Gasteiger partial charge on any atom is -0.454 e. The van der Waals surface area contributed by atoms with Gasteiger partial charge >= 0.3 is 0 Å². The second-order valence-corrected chi connectivity index (χ2v) is 11.9. The second kappa shape index (κ2) is 7.66. The highest BCUT2D eigenvalue weighted by Crippen LogP contribution is 2.52. The lowest BCUT2D eigenvalue weighted by atomic mass is 9.63. The van der Waals surface area contributed by atoms with Crippen LogP contribution in [0.15, 0.2) is 41.3 Å². The van der Waals surface area contributed by atoms with E-state index < -0.39 is 40.2 Å². The molecule has 2 fully saturated rings. The van der Waals surface area contributed by atoms with E-state index in [2.05, 4.69) is 4.72 Å². The summed E-state index contributed by atoms with van der Waals surface area (Å²) >= 11 is 0. The number of aliphatic hydroxyl groups is 1. The first kappa shape index (κ1) is 22.3. The fourth-order valence-corrected chi connectivity index (χ4v) is 7.28. The maximum absolute atomic E-state index is 13.5. The molecule has 2 aliphatic heterocycles. The van der Waals surface area contributed by atoms with E-state index in [0.717, 1.165) is 23.1 Å². The predicted molar refractivity (Wildman–Crippen MR) is 122 cm³/mol. The number of benzene rings is 2. The highest BCUT2D eigenvalue weighted by Gasteiger charge is 2.59. The first-order chi connectivity index (χ1) is 16.1. The van der Waals surface area contributed by atoms with Gasteiger partial charge in [-0.05, 0) is 74.9 Å². The Kier molecular flexibility index (Phi) is 5.03. The molecule has 1 saturated heterocycles. The zero-order chi connectivity index (χ0) is 23.8. The lowest BCUT2D eigenvalue weighted by molar-refractivity contribution is -0.156. The van der Waals surface area contributed by atoms with Crippen molar-refractivity contribution in [1.29, 1.82) is 0 Å². The smallest absolute Gasteiger partial charge is 0.240 e. The molecule has 0 amide bonds. The molecule has 0 aromatic heterocycles. The van der Waals surface area contributed by atoms with Crippen molar-refractivity contribution in [1.82, 2.24) is 4.72 Å². The molecule has 9 heteroatoms. The van der Waals surface area contributed by atoms with Crippen molar-refractivity contribution in [3.05, 3.63) is 53.1 Å². The Labute approximate surface area is 199 Å². The van der Waals surface area contributed by atoms with Gasteiger partial charge < -0.3 is 24.1 Å². The van der Waals surface area contributed by atoms with Crippen molar-refractivity contribution in [2.45, 2.75) is 74.6 Å². The molecule has 0 radical (unpaired) electrons. The molecule has 182 valence electrons. The van der Waals surface area contributed by atoms with Gasteiger partial charge in [-0.2, -0.15) is 0 Å². The van der Waals surface area contributed by atoms with E-state index in [-0.39, 0.29) is 23.5 Å². The lowest BCUT2D eigenvalue weighted by Gasteiger charge is -2.49. The van der Waals surface area contributed by atoms with E-state index >= 15 is 0 Å². The van der Waals surface area contributed by atoms with Crippen LogP contribution in [0.4, 0.5) is 0 Å². The number of aryl methyl sites for hydroxylation is 2. The molecule has 4 aliphatic rings. The fraction of sp³-hybridized carbons (Fsp3) is 0.520. The van der Waals surface area contributed by atoms with Crippen molar-refractivity contribution in [3.63, 3.8) is 0 Å². The van der Waals surface area contributed by atoms with Crippen molar-refractivity contribution >= 4 is 10.0 Å². The van der Waals surface area contributed by atoms with Crippen LogP contribution in [-0.2, 0) is 25.9 Å². The zero-order valence-corrected chi connectivity index (χ0v) is 20.2. The molecule has 2 aliphatic carbocycles. The molecule has 0 spiro atoms. The summed E-state index contributed by atoms with van der Waals surface area (Å²) < 4.78 is 53.5. The molecular formula is C25H29NO7S. The van der Waals surface area contributed by atoms with Crippen LogP contribution in [0.2, 0.25) is 0 Å². The molecule has 2 heterocycles. The van der Waals surface area contributed by atoms with Gasteiger partial charge in [-0.15, -0.1) is 0 Å². The quantitative estimate of drug-likeness (QED) is 0.686. The van der Waals surface area contributed by atoms with Crippen LogP contribution in [0, 0.1) is 12.8 Å². The molecule has 6 rings (SSSR count). The highest BCUT2D eigenvalue weighted by atomic mass is 32.2. The van der Waals surface area contributed by atoms with Gasteiger partial charge in [0.15, 0.2) is 17.3 Å². The zero-order valence-electron chi connectivity index (χ0n) is 19.4. The van der Waals surface area contributed by atoms with Crippen molar-refractivity contribution in [2.24, 2.45) is 5.92 Å². The van der Waals surface area contributed by atoms with E-state index in [1.807, 2.05) is 19.1 Å². The number of hydrogen-bond acceptors (Lipinski definition) is 7. The van der Waals surface area contributed by atoms with Crippen LogP contribution in [-0.4, -0.2) is 50.5 Å². The summed E-state index contributed by atoms with van der Waals surface area (Å²) in [6, 6.07) is 10.1. The summed E-state index contributed by atoms with van der Waals surface area (Å²) in [7, 11) is -3.86. The van der Waals surface area contributed by atoms with Crippen LogP contribution in [0.25, 0.3) is 0 Å². The fourth-order valence-electron chi connectivity index (χ4n) is 6.01. The number of nitrogens with one attached hydrogen (secondary N) is 1. The van der Waals surface area contributed by atoms with Crippen molar-refractivity contribution < 1.29 is 32.5 Å². The van der Waals surface area contributed by atoms with Gasteiger partial charge in [0, 0.05) is 5.92 Å². The highest BCUT2D eigenvalue weighted by molar-refractivity contribution is 7.89. The van der Waals surface area contributed by atoms with Crippen molar-refractivity contribution in [3.8, 4) is 11.5 Å². The predicted octanol–water partition coefficient (Wildman–Crippen LogP) is 2.61. The second-order valence-electron chi connectivity index (χ2n) is 10.1. The third-order valence-corrected chi connectivity index (χ3v) is 8.98. The molecule has 0 bridgehead atoms. The summed E-state index contributed by atoms with van der Waals surface area (Å²) in [4.78, 5) is 0.192. The Morgan fingerprint density at radius 2 is 1.71 bits per heavy atom. The number of aliphatic hydroxyl groups excluding tert-OH is 1. The number of ether oxygens (including phenoxy) is 4. The Morgan fingerprint density at radius 1 is 1.03 bits per heavy atom. The van der Waals surface area contributed by atoms with Crippen LogP contribution < -0.4 is 14.2 Å². The van der Waals surface area contributed by atoms with Crippen LogP contribution in [0.5, 0.6) is 11.5 Å². The van der Waals surface area contributed by atoms with Gasteiger partial charge in [-0.1, -0.05) is 17.7 Å². The topological polar surface area (TPSA) is 103 Å². The average molecular weight is 488 g/mol. The Balaban J connectivity index is 1.45. The number of hydrogen-bond donors (Lipinski definition) is 2. The molecule has 34 heavy (non-hydrogen) atoms. The number of fused-ring (bicyclic) bond motifs is 5. The van der Waals surface area contributed by atoms with Gasteiger partial charge in [0.2, 0.25) is 16.8 Å². The largest absolute Gasteiger partial charge is 0.454 e. The van der Waals surface area contributed by atoms with Crippen LogP contribution in [0.1, 0.15) is 42.9 Å². The summed E-state index contributed by atoms with van der Waals surface area (Å²) in [5.74, 6) is -0.107. The summed E-state index contributed by atoms with van der Waals surface area (Å²) in [5.41, 5.74) is 3.02. The Bertz CT molecular complexity index is 1230. The summed E-state index contributed by atoms with van der Waals surface area (Å²) in [5, 5.41) is 11.4. The molecular weight excluding hydrogens is 458 g/mol. The van der Waals surface area contributed by atoms with Crippen molar-refractivity contribution in [2.75, 3.05) is 6.79 Å². The van der Waals surface area contributed by atoms with E-state index in [0.29, 0.717) is 17.9 Å². The Morgan fingerprint density at radius 3 is 2.44 bits per heavy atom. The van der Waals surface area contributed by atoms with Gasteiger partial charge in [-0.25, -0.2) is 13.1 Å². The SMILES string of the molecule is Cc1ccc(S(=O)(=O)N[C@H]2C3OC(C)(C)OC3[C@@H](O)C3CCc4cc5c(cc4C32)OCO5)cc1. The van der Waals surface area contributed by atoms with Crippen LogP contribution >= 0.6 is 0 Å². The third kappa shape index (κ3) is 3.53. The molecule has 6 atom stereocenters. The average Bonchev–Trinajstić information content (AvgIpc) is 3.37. The molecule has 2 N–H and O–H groups in total. The van der Waals surface area contributed by atoms with Crippen LogP contribution in [0.3, 0.4) is 0 Å². The van der Waals surface area contributed by atoms with E-state index in [1.165, 1.54) is 0 Å². The minimum atomic E-state index is -3.86. The maximum Gasteiger partial charge on any atom is 0.240 e. The normalized spacial score (nSPS) is 33.2. The first-order valence-electron chi connectivity index (χ1n) is 11.7. The third-order valence-electron chi connectivity index (χ3n) is 7.50. The molecule has 2 aromatic carbocycles. The van der Waals surface area contributed by atoms with Gasteiger partial charge in [0.1, 0.15) is 12.2 Å². The first-order valence-corrected chi connectivity index (χ1v) is 13.2. The minimum absolute atomic E-state index is 0.161. The molecule has 1 saturated carbocycles. The van der Waals surface area contributed by atoms with Gasteiger partial charge in [0.25, 0.3) is 0 Å². The number of rotatable bonds is 3. The maximum atomic E-state index is 13.5. The molecule has 2 aromatic rings.